The Morgan fingerprint density at radius 1 is 1.37 bits per heavy atom. The molecular weight excluding hydrogens is 236 g/mol. The number of rotatable bonds is 3. The SMILES string of the molecule is CCC1(C)CNC(C(C)(C)C)CN1CC1CCOC1. The Morgan fingerprint density at radius 2 is 2.11 bits per heavy atom. The molecule has 3 unspecified atom stereocenters. The Kier molecular flexibility index (Phi) is 4.59. The smallest absolute Gasteiger partial charge is 0.0507 e. The van der Waals surface area contributed by atoms with Crippen molar-refractivity contribution in [2.75, 3.05) is 32.8 Å². The molecule has 2 aliphatic heterocycles. The molecule has 112 valence electrons. The topological polar surface area (TPSA) is 24.5 Å². The summed E-state index contributed by atoms with van der Waals surface area (Å²) in [5.41, 5.74) is 0.643. The van der Waals surface area contributed by atoms with Gasteiger partial charge in [-0.2, -0.15) is 0 Å². The molecule has 3 atom stereocenters. The normalized spacial score (nSPS) is 37.7. The van der Waals surface area contributed by atoms with E-state index in [0.29, 0.717) is 17.0 Å². The van der Waals surface area contributed by atoms with Crippen LogP contribution in [0.3, 0.4) is 0 Å². The van der Waals surface area contributed by atoms with Crippen LogP contribution < -0.4 is 5.32 Å². The van der Waals surface area contributed by atoms with Crippen molar-refractivity contribution >= 4 is 0 Å². The Balaban J connectivity index is 2.04. The fraction of sp³-hybridized carbons (Fsp3) is 1.00. The number of nitrogens with zero attached hydrogens (tertiary/aromatic N) is 1. The van der Waals surface area contributed by atoms with Crippen LogP contribution >= 0.6 is 0 Å². The van der Waals surface area contributed by atoms with E-state index < -0.39 is 0 Å². The molecule has 2 aliphatic rings. The van der Waals surface area contributed by atoms with Crippen molar-refractivity contribution in [3.05, 3.63) is 0 Å². The summed E-state index contributed by atoms with van der Waals surface area (Å²) in [6.07, 6.45) is 2.45. The van der Waals surface area contributed by atoms with Gasteiger partial charge in [0.05, 0.1) is 6.61 Å². The van der Waals surface area contributed by atoms with Crippen molar-refractivity contribution in [1.29, 1.82) is 0 Å². The van der Waals surface area contributed by atoms with Crippen LogP contribution in [0.4, 0.5) is 0 Å². The van der Waals surface area contributed by atoms with E-state index in [9.17, 15) is 0 Å². The molecule has 0 saturated carbocycles. The molecule has 19 heavy (non-hydrogen) atoms. The lowest BCUT2D eigenvalue weighted by Crippen LogP contribution is -2.66. The van der Waals surface area contributed by atoms with Crippen LogP contribution in [0.1, 0.15) is 47.5 Å². The first-order valence-electron chi connectivity index (χ1n) is 7.91. The lowest BCUT2D eigenvalue weighted by Gasteiger charge is -2.51. The van der Waals surface area contributed by atoms with E-state index in [1.165, 1.54) is 25.9 Å². The van der Waals surface area contributed by atoms with Gasteiger partial charge in [-0.15, -0.1) is 0 Å². The molecule has 0 aliphatic carbocycles. The lowest BCUT2D eigenvalue weighted by molar-refractivity contribution is 0.00959. The molecule has 3 heteroatoms. The average Bonchev–Trinajstić information content (AvgIpc) is 2.83. The van der Waals surface area contributed by atoms with Crippen LogP contribution in [-0.4, -0.2) is 49.3 Å². The molecule has 1 N–H and O–H groups in total. The molecule has 0 aromatic heterocycles. The highest BCUT2D eigenvalue weighted by atomic mass is 16.5. The average molecular weight is 268 g/mol. The van der Waals surface area contributed by atoms with Gasteiger partial charge in [-0.05, 0) is 31.1 Å². The molecule has 0 radical (unpaired) electrons. The molecule has 2 saturated heterocycles. The molecule has 0 aromatic rings. The number of hydrogen-bond donors (Lipinski definition) is 1. The number of hydrogen-bond acceptors (Lipinski definition) is 3. The van der Waals surface area contributed by atoms with Crippen LogP contribution in [0, 0.1) is 11.3 Å². The second-order valence-electron chi connectivity index (χ2n) is 7.78. The van der Waals surface area contributed by atoms with Gasteiger partial charge in [0.1, 0.15) is 0 Å². The zero-order chi connectivity index (χ0) is 14.1. The van der Waals surface area contributed by atoms with Gasteiger partial charge in [-0.1, -0.05) is 27.7 Å². The molecule has 0 spiro atoms. The van der Waals surface area contributed by atoms with E-state index in [0.717, 1.165) is 25.7 Å². The lowest BCUT2D eigenvalue weighted by atomic mass is 9.81. The zero-order valence-corrected chi connectivity index (χ0v) is 13.5. The standard InChI is InChI=1S/C16H32N2O/c1-6-16(5)12-17-14(15(2,3)4)10-18(16)9-13-7-8-19-11-13/h13-14,17H,6-12H2,1-5H3. The minimum absolute atomic E-state index is 0.310. The minimum atomic E-state index is 0.310. The predicted molar refractivity (Wildman–Crippen MR) is 80.4 cm³/mol. The van der Waals surface area contributed by atoms with Crippen molar-refractivity contribution in [2.24, 2.45) is 11.3 Å². The summed E-state index contributed by atoms with van der Waals surface area (Å²) < 4.78 is 5.55. The Morgan fingerprint density at radius 3 is 2.63 bits per heavy atom. The van der Waals surface area contributed by atoms with E-state index in [-0.39, 0.29) is 0 Å². The van der Waals surface area contributed by atoms with E-state index in [1.807, 2.05) is 0 Å². The minimum Gasteiger partial charge on any atom is -0.381 e. The van der Waals surface area contributed by atoms with Gasteiger partial charge in [0, 0.05) is 37.8 Å². The van der Waals surface area contributed by atoms with Crippen LogP contribution in [0.15, 0.2) is 0 Å². The number of piperazine rings is 1. The van der Waals surface area contributed by atoms with Gasteiger partial charge in [0.2, 0.25) is 0 Å². The quantitative estimate of drug-likeness (QED) is 0.851. The molecule has 2 fully saturated rings. The molecule has 3 nitrogen and oxygen atoms in total. The third kappa shape index (κ3) is 3.50. The van der Waals surface area contributed by atoms with Crippen LogP contribution in [-0.2, 0) is 4.74 Å². The van der Waals surface area contributed by atoms with E-state index >= 15 is 0 Å². The van der Waals surface area contributed by atoms with Gasteiger partial charge < -0.3 is 10.1 Å². The second kappa shape index (κ2) is 5.71. The maximum Gasteiger partial charge on any atom is 0.0507 e. The monoisotopic (exact) mass is 268 g/mol. The second-order valence-corrected chi connectivity index (χ2v) is 7.78. The number of nitrogens with one attached hydrogen (secondary N) is 1. The van der Waals surface area contributed by atoms with Crippen LogP contribution in [0.2, 0.25) is 0 Å². The summed E-state index contributed by atoms with van der Waals surface area (Å²) in [6.45, 7) is 17.2. The van der Waals surface area contributed by atoms with Crippen molar-refractivity contribution in [2.45, 2.75) is 59.0 Å². The third-order valence-electron chi connectivity index (χ3n) is 5.21. The van der Waals surface area contributed by atoms with Gasteiger partial charge in [-0.3, -0.25) is 4.90 Å². The highest BCUT2D eigenvalue weighted by molar-refractivity contribution is 4.99. The summed E-state index contributed by atoms with van der Waals surface area (Å²) in [7, 11) is 0. The highest BCUT2D eigenvalue weighted by Gasteiger charge is 2.40. The summed E-state index contributed by atoms with van der Waals surface area (Å²) in [6, 6.07) is 0.592. The summed E-state index contributed by atoms with van der Waals surface area (Å²) >= 11 is 0. The van der Waals surface area contributed by atoms with Gasteiger partial charge >= 0.3 is 0 Å². The third-order valence-corrected chi connectivity index (χ3v) is 5.21. The highest BCUT2D eigenvalue weighted by Crippen LogP contribution is 2.31. The Hall–Kier alpha value is -0.120. The van der Waals surface area contributed by atoms with Gasteiger partial charge in [0.15, 0.2) is 0 Å². The summed E-state index contributed by atoms with van der Waals surface area (Å²) in [5.74, 6) is 0.740. The van der Waals surface area contributed by atoms with Crippen molar-refractivity contribution in [3.63, 3.8) is 0 Å². The van der Waals surface area contributed by atoms with Gasteiger partial charge in [0.25, 0.3) is 0 Å². The number of ether oxygens (including phenoxy) is 1. The van der Waals surface area contributed by atoms with Crippen LogP contribution in [0.5, 0.6) is 0 Å². The van der Waals surface area contributed by atoms with Crippen molar-refractivity contribution in [1.82, 2.24) is 10.2 Å². The maximum absolute atomic E-state index is 5.55. The first-order chi connectivity index (χ1) is 8.85. The zero-order valence-electron chi connectivity index (χ0n) is 13.5. The van der Waals surface area contributed by atoms with E-state index in [4.69, 9.17) is 4.74 Å². The molecule has 2 heterocycles. The fourth-order valence-corrected chi connectivity index (χ4v) is 3.22. The first-order valence-corrected chi connectivity index (χ1v) is 7.91. The summed E-state index contributed by atoms with van der Waals surface area (Å²) in [4.78, 5) is 2.73. The molecule has 0 aromatic carbocycles. The predicted octanol–water partition coefficient (Wildman–Crippen LogP) is 2.51. The molecule has 0 bridgehead atoms. The summed E-state index contributed by atoms with van der Waals surface area (Å²) in [5, 5.41) is 3.78. The largest absolute Gasteiger partial charge is 0.381 e. The maximum atomic E-state index is 5.55. The van der Waals surface area contributed by atoms with Gasteiger partial charge in [-0.25, -0.2) is 0 Å². The van der Waals surface area contributed by atoms with E-state index in [2.05, 4.69) is 44.8 Å². The molecular formula is C16H32N2O. The molecule has 2 rings (SSSR count). The van der Waals surface area contributed by atoms with Crippen LogP contribution in [0.25, 0.3) is 0 Å². The van der Waals surface area contributed by atoms with Crippen molar-refractivity contribution in [3.8, 4) is 0 Å². The first kappa shape index (κ1) is 15.3. The van der Waals surface area contributed by atoms with E-state index in [1.54, 1.807) is 0 Å². The molecule has 0 amide bonds. The fourth-order valence-electron chi connectivity index (χ4n) is 3.22. The van der Waals surface area contributed by atoms with Crippen molar-refractivity contribution < 1.29 is 4.74 Å². The Bertz CT molecular complexity index is 294. The Labute approximate surface area is 119 Å².